The predicted molar refractivity (Wildman–Crippen MR) is 49.0 cm³/mol. The molecule has 1 aliphatic rings. The van der Waals surface area contributed by atoms with Crippen LogP contribution in [0.2, 0.25) is 0 Å². The first-order valence-corrected chi connectivity index (χ1v) is 5.16. The molecule has 0 aliphatic carbocycles. The van der Waals surface area contributed by atoms with Crippen molar-refractivity contribution in [1.29, 1.82) is 0 Å². The van der Waals surface area contributed by atoms with Gasteiger partial charge in [-0.2, -0.15) is 11.8 Å². The maximum atomic E-state index is 3.86. The highest BCUT2D eigenvalue weighted by Gasteiger charge is 2.17. The molecule has 0 radical (unpaired) electrons. The van der Waals surface area contributed by atoms with Crippen molar-refractivity contribution in [1.82, 2.24) is 20.3 Å². The monoisotopic (exact) mass is 184 g/mol. The number of thioether (sulfide) groups is 1. The zero-order chi connectivity index (χ0) is 8.39. The average Bonchev–Trinajstić information content (AvgIpc) is 2.33. The quantitative estimate of drug-likeness (QED) is 0.719. The highest BCUT2D eigenvalue weighted by molar-refractivity contribution is 8.00. The minimum Gasteiger partial charge on any atom is -0.307 e. The lowest BCUT2D eigenvalue weighted by atomic mass is 10.3. The van der Waals surface area contributed by atoms with Crippen LogP contribution >= 0.6 is 11.8 Å². The van der Waals surface area contributed by atoms with Crippen LogP contribution in [0.1, 0.15) is 5.69 Å². The number of nitrogens with zero attached hydrogens (tertiary/aromatic N) is 3. The van der Waals surface area contributed by atoms with Crippen LogP contribution in [-0.4, -0.2) is 32.5 Å². The number of rotatable bonds is 3. The Hall–Kier alpha value is -0.550. The third kappa shape index (κ3) is 1.61. The molecular formula is C7H12N4S. The number of nitrogens with one attached hydrogen (secondary N) is 1. The van der Waals surface area contributed by atoms with Gasteiger partial charge in [-0.1, -0.05) is 5.21 Å². The third-order valence-corrected chi connectivity index (χ3v) is 3.29. The molecular weight excluding hydrogens is 172 g/mol. The molecule has 2 heterocycles. The van der Waals surface area contributed by atoms with Gasteiger partial charge in [-0.05, 0) is 0 Å². The maximum absolute atomic E-state index is 3.86. The molecule has 5 heteroatoms. The van der Waals surface area contributed by atoms with Gasteiger partial charge in [-0.25, -0.2) is 0 Å². The van der Waals surface area contributed by atoms with Gasteiger partial charge in [0.05, 0.1) is 11.9 Å². The van der Waals surface area contributed by atoms with E-state index in [9.17, 15) is 0 Å². The summed E-state index contributed by atoms with van der Waals surface area (Å²) in [6, 6.07) is 0.699. The summed E-state index contributed by atoms with van der Waals surface area (Å²) < 4.78 is 1.80. The van der Waals surface area contributed by atoms with E-state index < -0.39 is 0 Å². The summed E-state index contributed by atoms with van der Waals surface area (Å²) in [5, 5.41) is 11.1. The normalized spacial score (nSPS) is 17.8. The molecule has 1 N–H and O–H groups in total. The van der Waals surface area contributed by atoms with Crippen LogP contribution in [0.5, 0.6) is 0 Å². The average molecular weight is 184 g/mol. The van der Waals surface area contributed by atoms with Gasteiger partial charge in [0.25, 0.3) is 0 Å². The molecule has 1 fully saturated rings. The second-order valence-corrected chi connectivity index (χ2v) is 4.04. The van der Waals surface area contributed by atoms with E-state index in [1.165, 1.54) is 11.5 Å². The number of hydrogen-bond donors (Lipinski definition) is 1. The Labute approximate surface area is 75.7 Å². The molecule has 0 spiro atoms. The molecule has 12 heavy (non-hydrogen) atoms. The summed E-state index contributed by atoms with van der Waals surface area (Å²) in [7, 11) is 1.92. The Morgan fingerprint density at radius 3 is 3.08 bits per heavy atom. The number of aromatic nitrogens is 3. The fraction of sp³-hybridized carbons (Fsp3) is 0.714. The molecule has 4 nitrogen and oxygen atoms in total. The number of hydrogen-bond acceptors (Lipinski definition) is 4. The topological polar surface area (TPSA) is 42.7 Å². The van der Waals surface area contributed by atoms with Crippen molar-refractivity contribution in [3.05, 3.63) is 11.9 Å². The lowest BCUT2D eigenvalue weighted by molar-refractivity contribution is 0.553. The van der Waals surface area contributed by atoms with Gasteiger partial charge in [0.15, 0.2) is 0 Å². The molecule has 1 saturated heterocycles. The van der Waals surface area contributed by atoms with E-state index in [0.717, 1.165) is 12.2 Å². The molecule has 0 unspecified atom stereocenters. The molecule has 1 aromatic rings. The van der Waals surface area contributed by atoms with Crippen molar-refractivity contribution in [3.8, 4) is 0 Å². The minimum absolute atomic E-state index is 0.699. The van der Waals surface area contributed by atoms with Crippen LogP contribution in [0, 0.1) is 0 Å². The minimum atomic E-state index is 0.699. The Bertz CT molecular complexity index is 256. The molecule has 0 bridgehead atoms. The van der Waals surface area contributed by atoms with Crippen molar-refractivity contribution < 1.29 is 0 Å². The largest absolute Gasteiger partial charge is 0.307 e. The highest BCUT2D eigenvalue weighted by atomic mass is 32.2. The van der Waals surface area contributed by atoms with Crippen molar-refractivity contribution in [3.63, 3.8) is 0 Å². The molecule has 1 aliphatic heterocycles. The van der Waals surface area contributed by atoms with Gasteiger partial charge in [-0.3, -0.25) is 4.68 Å². The van der Waals surface area contributed by atoms with Gasteiger partial charge in [-0.15, -0.1) is 5.10 Å². The predicted octanol–water partition coefficient (Wildman–Crippen LogP) is 0.0201. The van der Waals surface area contributed by atoms with Crippen LogP contribution in [0.15, 0.2) is 6.20 Å². The fourth-order valence-electron chi connectivity index (χ4n) is 1.07. The lowest BCUT2D eigenvalue weighted by Gasteiger charge is -2.25. The molecule has 0 saturated carbocycles. The van der Waals surface area contributed by atoms with Crippen molar-refractivity contribution in [2.45, 2.75) is 12.6 Å². The van der Waals surface area contributed by atoms with Gasteiger partial charge < -0.3 is 5.32 Å². The molecule has 66 valence electrons. The van der Waals surface area contributed by atoms with E-state index in [-0.39, 0.29) is 0 Å². The Morgan fingerprint density at radius 2 is 2.58 bits per heavy atom. The van der Waals surface area contributed by atoms with E-state index in [0.29, 0.717) is 6.04 Å². The summed E-state index contributed by atoms with van der Waals surface area (Å²) >= 11 is 1.99. The summed E-state index contributed by atoms with van der Waals surface area (Å²) in [5.41, 5.74) is 1.15. The van der Waals surface area contributed by atoms with Crippen molar-refractivity contribution >= 4 is 11.8 Å². The van der Waals surface area contributed by atoms with E-state index in [1.54, 1.807) is 10.9 Å². The van der Waals surface area contributed by atoms with E-state index in [1.807, 2.05) is 18.8 Å². The van der Waals surface area contributed by atoms with E-state index >= 15 is 0 Å². The summed E-state index contributed by atoms with van der Waals surface area (Å²) in [6.45, 7) is 0.884. The molecule has 0 atom stereocenters. The Kier molecular flexibility index (Phi) is 2.32. The zero-order valence-corrected chi connectivity index (χ0v) is 7.84. The van der Waals surface area contributed by atoms with E-state index in [2.05, 4.69) is 15.6 Å². The molecule has 2 rings (SSSR count). The van der Waals surface area contributed by atoms with Crippen LogP contribution in [0.3, 0.4) is 0 Å². The molecule has 0 amide bonds. The van der Waals surface area contributed by atoms with Crippen LogP contribution in [-0.2, 0) is 13.6 Å². The second-order valence-electron chi connectivity index (χ2n) is 2.96. The summed E-state index contributed by atoms with van der Waals surface area (Å²) in [5.74, 6) is 2.48. The SMILES string of the molecule is Cn1nncc1CNC1CSC1. The Balaban J connectivity index is 1.82. The fourth-order valence-corrected chi connectivity index (χ4v) is 1.78. The molecule has 0 aromatic carbocycles. The van der Waals surface area contributed by atoms with Gasteiger partial charge in [0.1, 0.15) is 0 Å². The number of aryl methyl sites for hydroxylation is 1. The smallest absolute Gasteiger partial charge is 0.0738 e. The van der Waals surface area contributed by atoms with Gasteiger partial charge in [0, 0.05) is 31.1 Å². The zero-order valence-electron chi connectivity index (χ0n) is 7.03. The van der Waals surface area contributed by atoms with Crippen LogP contribution in [0.25, 0.3) is 0 Å². The summed E-state index contributed by atoms with van der Waals surface area (Å²) in [4.78, 5) is 0. The van der Waals surface area contributed by atoms with Crippen LogP contribution in [0.4, 0.5) is 0 Å². The third-order valence-electron chi connectivity index (χ3n) is 2.02. The highest BCUT2D eigenvalue weighted by Crippen LogP contribution is 2.17. The first kappa shape index (κ1) is 8.07. The van der Waals surface area contributed by atoms with Crippen LogP contribution < -0.4 is 5.32 Å². The lowest BCUT2D eigenvalue weighted by Crippen LogP contribution is -2.40. The van der Waals surface area contributed by atoms with Gasteiger partial charge >= 0.3 is 0 Å². The molecule has 1 aromatic heterocycles. The van der Waals surface area contributed by atoms with Gasteiger partial charge in [0.2, 0.25) is 0 Å². The van der Waals surface area contributed by atoms with E-state index in [4.69, 9.17) is 0 Å². The first-order chi connectivity index (χ1) is 5.86. The maximum Gasteiger partial charge on any atom is 0.0738 e. The summed E-state index contributed by atoms with van der Waals surface area (Å²) in [6.07, 6.45) is 1.80. The second kappa shape index (κ2) is 3.45. The Morgan fingerprint density at radius 1 is 1.75 bits per heavy atom. The van der Waals surface area contributed by atoms with Crippen molar-refractivity contribution in [2.75, 3.05) is 11.5 Å². The van der Waals surface area contributed by atoms with Crippen molar-refractivity contribution in [2.24, 2.45) is 7.05 Å². The standard InChI is InChI=1S/C7H12N4S/c1-11-7(3-9-10-11)2-8-6-4-12-5-6/h3,6,8H,2,4-5H2,1H3. The first-order valence-electron chi connectivity index (χ1n) is 4.01.